The van der Waals surface area contributed by atoms with E-state index in [9.17, 15) is 4.79 Å². The Morgan fingerprint density at radius 1 is 0.913 bits per heavy atom. The van der Waals surface area contributed by atoms with E-state index in [1.54, 1.807) is 12.1 Å². The summed E-state index contributed by atoms with van der Waals surface area (Å²) < 4.78 is 5.28. The van der Waals surface area contributed by atoms with Crippen LogP contribution in [0.15, 0.2) is 16.5 Å². The predicted molar refractivity (Wildman–Crippen MR) is 95.9 cm³/mol. The molecule has 1 aromatic rings. The molecule has 23 heavy (non-hydrogen) atoms. The molecule has 1 aromatic heterocycles. The number of hydrogen-bond donors (Lipinski definition) is 2. The second-order valence-electron chi connectivity index (χ2n) is 6.24. The van der Waals surface area contributed by atoms with Gasteiger partial charge in [-0.2, -0.15) is 0 Å². The minimum Gasteiger partial charge on any atom is -0.456 e. The van der Waals surface area contributed by atoms with Crippen LogP contribution >= 0.6 is 0 Å². The fraction of sp³-hybridized carbons (Fsp3) is 0.737. The molecule has 1 amide bonds. The minimum atomic E-state index is -0.136. The zero-order valence-corrected chi connectivity index (χ0v) is 15.0. The number of amides is 1. The predicted octanol–water partition coefficient (Wildman–Crippen LogP) is 4.44. The van der Waals surface area contributed by atoms with E-state index < -0.39 is 0 Å². The van der Waals surface area contributed by atoms with Crippen LogP contribution in [0.25, 0.3) is 0 Å². The molecule has 0 atom stereocenters. The van der Waals surface area contributed by atoms with Crippen molar-refractivity contribution in [3.05, 3.63) is 23.7 Å². The highest BCUT2D eigenvalue weighted by molar-refractivity contribution is 5.91. The van der Waals surface area contributed by atoms with Crippen molar-refractivity contribution >= 4 is 5.91 Å². The summed E-state index contributed by atoms with van der Waals surface area (Å²) in [5.74, 6) is 1.02. The van der Waals surface area contributed by atoms with E-state index in [0.717, 1.165) is 18.8 Å². The van der Waals surface area contributed by atoms with Gasteiger partial charge in [0.1, 0.15) is 5.76 Å². The Labute approximate surface area is 141 Å². The van der Waals surface area contributed by atoms with Gasteiger partial charge in [-0.25, -0.2) is 0 Å². The van der Waals surface area contributed by atoms with Crippen LogP contribution in [-0.2, 0) is 0 Å². The molecule has 0 radical (unpaired) electrons. The highest BCUT2D eigenvalue weighted by atomic mass is 16.3. The highest BCUT2D eigenvalue weighted by Gasteiger charge is 2.08. The molecule has 4 nitrogen and oxygen atoms in total. The molecular formula is C19H34N2O2. The third-order valence-corrected chi connectivity index (χ3v) is 4.01. The molecular weight excluding hydrogens is 288 g/mol. The molecule has 0 fully saturated rings. The first-order valence-corrected chi connectivity index (χ1v) is 9.29. The van der Waals surface area contributed by atoms with Crippen LogP contribution < -0.4 is 10.6 Å². The van der Waals surface area contributed by atoms with Gasteiger partial charge in [-0.15, -0.1) is 0 Å². The quantitative estimate of drug-likeness (QED) is 0.498. The number of carbonyl (C=O) groups excluding carboxylic acids is 1. The van der Waals surface area contributed by atoms with Crippen LogP contribution in [0.2, 0.25) is 0 Å². The first-order chi connectivity index (χ1) is 11.2. The number of aryl methyl sites for hydroxylation is 1. The van der Waals surface area contributed by atoms with Gasteiger partial charge in [0.05, 0.1) is 0 Å². The van der Waals surface area contributed by atoms with Crippen LogP contribution in [0.3, 0.4) is 0 Å². The molecule has 132 valence electrons. The zero-order valence-electron chi connectivity index (χ0n) is 15.0. The highest BCUT2D eigenvalue weighted by Crippen LogP contribution is 2.09. The van der Waals surface area contributed by atoms with Crippen LogP contribution in [0.5, 0.6) is 0 Å². The van der Waals surface area contributed by atoms with Crippen molar-refractivity contribution in [2.75, 3.05) is 19.6 Å². The van der Waals surface area contributed by atoms with Gasteiger partial charge < -0.3 is 15.1 Å². The van der Waals surface area contributed by atoms with Gasteiger partial charge in [0.15, 0.2) is 5.76 Å². The van der Waals surface area contributed by atoms with E-state index in [2.05, 4.69) is 17.6 Å². The molecule has 0 spiro atoms. The fourth-order valence-electron chi connectivity index (χ4n) is 2.59. The molecule has 4 heteroatoms. The van der Waals surface area contributed by atoms with Crippen molar-refractivity contribution in [1.29, 1.82) is 0 Å². The Kier molecular flexibility index (Phi) is 11.3. The van der Waals surface area contributed by atoms with Gasteiger partial charge in [-0.1, -0.05) is 58.3 Å². The molecule has 0 saturated carbocycles. The van der Waals surface area contributed by atoms with Crippen LogP contribution in [0.4, 0.5) is 0 Å². The second kappa shape index (κ2) is 13.2. The van der Waals surface area contributed by atoms with Gasteiger partial charge in [-0.05, 0) is 32.0 Å². The van der Waals surface area contributed by atoms with E-state index in [0.29, 0.717) is 12.3 Å². The number of rotatable bonds is 14. The van der Waals surface area contributed by atoms with E-state index in [1.165, 1.54) is 57.8 Å². The summed E-state index contributed by atoms with van der Waals surface area (Å²) in [6.45, 7) is 6.57. The van der Waals surface area contributed by atoms with E-state index in [1.807, 2.05) is 6.92 Å². The summed E-state index contributed by atoms with van der Waals surface area (Å²) in [4.78, 5) is 11.7. The molecule has 0 aliphatic rings. The van der Waals surface area contributed by atoms with Crippen LogP contribution in [0, 0.1) is 6.92 Å². The van der Waals surface area contributed by atoms with Gasteiger partial charge >= 0.3 is 0 Å². The summed E-state index contributed by atoms with van der Waals surface area (Å²) in [6.07, 6.45) is 12.2. The summed E-state index contributed by atoms with van der Waals surface area (Å²) in [7, 11) is 0. The van der Waals surface area contributed by atoms with Gasteiger partial charge in [0.2, 0.25) is 0 Å². The summed E-state index contributed by atoms with van der Waals surface area (Å²) in [5, 5.41) is 6.22. The number of furan rings is 1. The number of hydrogen-bond acceptors (Lipinski definition) is 3. The lowest BCUT2D eigenvalue weighted by molar-refractivity contribution is 0.0925. The standard InChI is InChI=1S/C19H34N2O2/c1-3-4-5-6-7-8-9-10-11-14-20-15-16-21-19(22)18-13-12-17(2)23-18/h12-13,20H,3-11,14-16H2,1-2H3,(H,21,22). The van der Waals surface area contributed by atoms with Crippen molar-refractivity contribution < 1.29 is 9.21 Å². The molecule has 0 saturated heterocycles. The first kappa shape index (κ1) is 19.8. The van der Waals surface area contributed by atoms with Gasteiger partial charge in [0.25, 0.3) is 5.91 Å². The van der Waals surface area contributed by atoms with Crippen molar-refractivity contribution in [1.82, 2.24) is 10.6 Å². The molecule has 0 aliphatic carbocycles. The molecule has 0 unspecified atom stereocenters. The molecule has 0 aromatic carbocycles. The van der Waals surface area contributed by atoms with Crippen molar-refractivity contribution in [3.63, 3.8) is 0 Å². The van der Waals surface area contributed by atoms with E-state index in [4.69, 9.17) is 4.42 Å². The molecule has 0 bridgehead atoms. The molecule has 1 rings (SSSR count). The average Bonchev–Trinajstić information content (AvgIpc) is 2.98. The molecule has 0 aliphatic heterocycles. The lowest BCUT2D eigenvalue weighted by Crippen LogP contribution is -2.32. The number of carbonyl (C=O) groups is 1. The minimum absolute atomic E-state index is 0.136. The fourth-order valence-corrected chi connectivity index (χ4v) is 2.59. The van der Waals surface area contributed by atoms with Crippen molar-refractivity contribution in [2.45, 2.75) is 71.6 Å². The maximum Gasteiger partial charge on any atom is 0.287 e. The Balaban J connectivity index is 1.82. The molecule has 2 N–H and O–H groups in total. The molecule has 1 heterocycles. The maximum absolute atomic E-state index is 11.7. The van der Waals surface area contributed by atoms with E-state index in [-0.39, 0.29) is 5.91 Å². The van der Waals surface area contributed by atoms with Gasteiger partial charge in [0, 0.05) is 13.1 Å². The average molecular weight is 322 g/mol. The van der Waals surface area contributed by atoms with Crippen molar-refractivity contribution in [2.24, 2.45) is 0 Å². The lowest BCUT2D eigenvalue weighted by Gasteiger charge is -2.06. The van der Waals surface area contributed by atoms with Crippen molar-refractivity contribution in [3.8, 4) is 0 Å². The smallest absolute Gasteiger partial charge is 0.287 e. The zero-order chi connectivity index (χ0) is 16.8. The summed E-state index contributed by atoms with van der Waals surface area (Å²) in [5.41, 5.74) is 0. The van der Waals surface area contributed by atoms with Crippen LogP contribution in [-0.4, -0.2) is 25.5 Å². The topological polar surface area (TPSA) is 54.3 Å². The Bertz CT molecular complexity index is 415. The normalized spacial score (nSPS) is 10.9. The third kappa shape index (κ3) is 10.2. The van der Waals surface area contributed by atoms with Crippen LogP contribution in [0.1, 0.15) is 81.0 Å². The SMILES string of the molecule is CCCCCCCCCCCNCCNC(=O)c1ccc(C)o1. The largest absolute Gasteiger partial charge is 0.456 e. The number of nitrogens with one attached hydrogen (secondary N) is 2. The monoisotopic (exact) mass is 322 g/mol. The first-order valence-electron chi connectivity index (χ1n) is 9.29. The Hall–Kier alpha value is -1.29. The lowest BCUT2D eigenvalue weighted by atomic mass is 10.1. The number of unbranched alkanes of at least 4 members (excludes halogenated alkanes) is 8. The maximum atomic E-state index is 11.7. The van der Waals surface area contributed by atoms with E-state index >= 15 is 0 Å². The second-order valence-corrected chi connectivity index (χ2v) is 6.24. The Morgan fingerprint density at radius 2 is 1.57 bits per heavy atom. The third-order valence-electron chi connectivity index (χ3n) is 4.01. The van der Waals surface area contributed by atoms with Gasteiger partial charge in [-0.3, -0.25) is 4.79 Å². The summed E-state index contributed by atoms with van der Waals surface area (Å²) in [6, 6.07) is 3.51. The summed E-state index contributed by atoms with van der Waals surface area (Å²) >= 11 is 0. The Morgan fingerprint density at radius 3 is 2.17 bits per heavy atom.